The van der Waals surface area contributed by atoms with Gasteiger partial charge in [-0.1, -0.05) is 59.3 Å². The van der Waals surface area contributed by atoms with Crippen molar-refractivity contribution in [3.05, 3.63) is 125 Å². The molecule has 0 spiro atoms. The maximum atomic E-state index is 14.3. The van der Waals surface area contributed by atoms with Crippen LogP contribution in [0.15, 0.2) is 87.8 Å². The van der Waals surface area contributed by atoms with Crippen molar-refractivity contribution in [2.75, 3.05) is 13.2 Å². The molecule has 13 heteroatoms. The molecule has 1 aromatic heterocycles. The molecule has 1 aliphatic heterocycles. The zero-order valence-corrected chi connectivity index (χ0v) is 26.0. The van der Waals surface area contributed by atoms with Crippen LogP contribution in [0.3, 0.4) is 0 Å². The van der Waals surface area contributed by atoms with Gasteiger partial charge in [-0.05, 0) is 61.4 Å². The van der Waals surface area contributed by atoms with E-state index in [1.807, 2.05) is 0 Å². The fraction of sp³-hybridized carbons (Fsp3) is 0.212. The van der Waals surface area contributed by atoms with Crippen LogP contribution in [0.4, 0.5) is 13.2 Å². The van der Waals surface area contributed by atoms with Gasteiger partial charge in [-0.15, -0.1) is 0 Å². The van der Waals surface area contributed by atoms with E-state index in [-0.39, 0.29) is 28.1 Å². The van der Waals surface area contributed by atoms with E-state index in [1.54, 1.807) is 49.4 Å². The highest BCUT2D eigenvalue weighted by Crippen LogP contribution is 2.38. The molecule has 0 saturated heterocycles. The molecule has 0 saturated carbocycles. The van der Waals surface area contributed by atoms with Crippen LogP contribution < -0.4 is 24.4 Å². The van der Waals surface area contributed by atoms with E-state index in [1.165, 1.54) is 37.3 Å². The van der Waals surface area contributed by atoms with Crippen LogP contribution in [0.2, 0.25) is 5.02 Å². The lowest BCUT2D eigenvalue weighted by Gasteiger charge is -2.26. The topological polar surface area (TPSA) is 103 Å². The summed E-state index contributed by atoms with van der Waals surface area (Å²) in [5, 5.41) is 9.69. The molecule has 0 N–H and O–H groups in total. The lowest BCUT2D eigenvalue weighted by molar-refractivity contribution is -0.140. The molecule has 236 valence electrons. The van der Waals surface area contributed by atoms with Crippen molar-refractivity contribution in [2.24, 2.45) is 4.99 Å². The highest BCUT2D eigenvalue weighted by molar-refractivity contribution is 7.07. The van der Waals surface area contributed by atoms with Crippen LogP contribution in [0.25, 0.3) is 6.08 Å². The Bertz CT molecular complexity index is 2050. The Kier molecular flexibility index (Phi) is 9.65. The first kappa shape index (κ1) is 32.5. The smallest absolute Gasteiger partial charge is 0.434 e. The second kappa shape index (κ2) is 13.6. The Hall–Kier alpha value is -4.86. The average molecular weight is 668 g/mol. The third-order valence-electron chi connectivity index (χ3n) is 6.87. The molecule has 4 aromatic rings. The minimum atomic E-state index is -5.02. The number of halogens is 4. The Morgan fingerprint density at radius 3 is 2.48 bits per heavy atom. The first-order valence-corrected chi connectivity index (χ1v) is 15.2. The van der Waals surface area contributed by atoms with Gasteiger partial charge >= 0.3 is 12.1 Å². The molecule has 0 fully saturated rings. The number of alkyl halides is 3. The quantitative estimate of drug-likeness (QED) is 0.208. The summed E-state index contributed by atoms with van der Waals surface area (Å²) in [5.74, 6) is -0.478. The van der Waals surface area contributed by atoms with E-state index in [2.05, 4.69) is 11.1 Å². The molecule has 0 amide bonds. The standard InChI is InChI=1S/C33H25ClF3N3O5S/c1-3-43-25-15-19(9-14-24(25)45-18-22-8-6-5-7-21(22)17-38)16-26-30(41)40-28(20-10-12-23(34)13-11-20)27(31(42)44-4-2)29(33(35,36)37)39-32(40)46-26/h5-16,28H,3-4,18H2,1-2H3/b26-16-/t28-/m1/s1. The van der Waals surface area contributed by atoms with Gasteiger partial charge in [-0.25, -0.2) is 9.79 Å². The summed E-state index contributed by atoms with van der Waals surface area (Å²) in [6, 6.07) is 18.4. The number of carbonyl (C=O) groups excluding carboxylic acids is 1. The number of nitrogens with zero attached hydrogens (tertiary/aromatic N) is 3. The van der Waals surface area contributed by atoms with Gasteiger partial charge in [0.15, 0.2) is 22.0 Å². The summed E-state index contributed by atoms with van der Waals surface area (Å²) in [5.41, 5.74) is -1.00. The normalized spacial score (nSPS) is 14.7. The predicted octanol–water partition coefficient (Wildman–Crippen LogP) is 5.84. The zero-order valence-electron chi connectivity index (χ0n) is 24.4. The number of rotatable bonds is 9. The van der Waals surface area contributed by atoms with Crippen LogP contribution in [0.1, 0.15) is 42.1 Å². The van der Waals surface area contributed by atoms with E-state index in [0.29, 0.717) is 39.8 Å². The molecule has 46 heavy (non-hydrogen) atoms. The van der Waals surface area contributed by atoms with Gasteiger partial charge in [0.25, 0.3) is 5.56 Å². The van der Waals surface area contributed by atoms with Crippen LogP contribution in [-0.4, -0.2) is 29.9 Å². The summed E-state index contributed by atoms with van der Waals surface area (Å²) in [4.78, 5) is 30.4. The number of hydrogen-bond donors (Lipinski definition) is 0. The highest BCUT2D eigenvalue weighted by atomic mass is 35.5. The molecule has 0 radical (unpaired) electrons. The number of aromatic nitrogens is 1. The van der Waals surface area contributed by atoms with Crippen LogP contribution in [0.5, 0.6) is 11.5 Å². The molecule has 3 aromatic carbocycles. The average Bonchev–Trinajstić information content (AvgIpc) is 3.34. The molecule has 1 aliphatic rings. The molecule has 1 atom stereocenters. The van der Waals surface area contributed by atoms with Crippen molar-refractivity contribution in [1.29, 1.82) is 5.26 Å². The second-order valence-corrected chi connectivity index (χ2v) is 11.3. The lowest BCUT2D eigenvalue weighted by Crippen LogP contribution is -2.41. The van der Waals surface area contributed by atoms with Gasteiger partial charge in [0.1, 0.15) is 6.61 Å². The first-order valence-electron chi connectivity index (χ1n) is 14.0. The van der Waals surface area contributed by atoms with Gasteiger partial charge in [-0.3, -0.25) is 9.36 Å². The molecule has 0 unspecified atom stereocenters. The van der Waals surface area contributed by atoms with Crippen molar-refractivity contribution in [2.45, 2.75) is 32.7 Å². The van der Waals surface area contributed by atoms with Crippen molar-refractivity contribution in [3.63, 3.8) is 0 Å². The maximum Gasteiger partial charge on any atom is 0.434 e. The molecule has 0 aliphatic carbocycles. The number of nitriles is 1. The van der Waals surface area contributed by atoms with Crippen LogP contribution in [-0.2, 0) is 16.1 Å². The number of esters is 1. The summed E-state index contributed by atoms with van der Waals surface area (Å²) >= 11 is 6.79. The maximum absolute atomic E-state index is 14.3. The lowest BCUT2D eigenvalue weighted by atomic mass is 9.95. The number of allylic oxidation sites excluding steroid dienone is 1. The summed E-state index contributed by atoms with van der Waals surface area (Å²) in [6.45, 7) is 3.48. The van der Waals surface area contributed by atoms with Gasteiger partial charge in [-0.2, -0.15) is 18.4 Å². The van der Waals surface area contributed by atoms with Crippen molar-refractivity contribution >= 4 is 35.0 Å². The molecule has 5 rings (SSSR count). The van der Waals surface area contributed by atoms with Crippen molar-refractivity contribution in [3.8, 4) is 17.6 Å². The number of hydrogen-bond acceptors (Lipinski definition) is 8. The fourth-order valence-electron chi connectivity index (χ4n) is 4.86. The van der Waals surface area contributed by atoms with E-state index < -0.39 is 35.0 Å². The number of thiazole rings is 1. The van der Waals surface area contributed by atoms with E-state index >= 15 is 0 Å². The predicted molar refractivity (Wildman–Crippen MR) is 165 cm³/mol. The third kappa shape index (κ3) is 6.71. The van der Waals surface area contributed by atoms with E-state index in [9.17, 15) is 28.0 Å². The van der Waals surface area contributed by atoms with Gasteiger partial charge in [0.2, 0.25) is 0 Å². The zero-order chi connectivity index (χ0) is 33.0. The molecular formula is C33H25ClF3N3O5S. The fourth-order valence-corrected chi connectivity index (χ4v) is 5.99. The number of carbonyl (C=O) groups is 1. The largest absolute Gasteiger partial charge is 0.490 e. The number of ether oxygens (including phenoxy) is 3. The van der Waals surface area contributed by atoms with Gasteiger partial charge in [0, 0.05) is 10.6 Å². The summed E-state index contributed by atoms with van der Waals surface area (Å²) in [6.07, 6.45) is -3.51. The Balaban J connectivity index is 1.62. The number of fused-ring (bicyclic) bond motifs is 1. The summed E-state index contributed by atoms with van der Waals surface area (Å²) < 4.78 is 60.9. The molecule has 8 nitrogen and oxygen atoms in total. The van der Waals surface area contributed by atoms with Crippen molar-refractivity contribution in [1.82, 2.24) is 4.57 Å². The Morgan fingerprint density at radius 2 is 1.80 bits per heavy atom. The van der Waals surface area contributed by atoms with E-state index in [0.717, 1.165) is 15.9 Å². The molecular weight excluding hydrogens is 643 g/mol. The Morgan fingerprint density at radius 1 is 1.07 bits per heavy atom. The number of benzene rings is 3. The summed E-state index contributed by atoms with van der Waals surface area (Å²) in [7, 11) is 0. The minimum absolute atomic E-state index is 0.0726. The first-order chi connectivity index (χ1) is 22.0. The monoisotopic (exact) mass is 667 g/mol. The second-order valence-electron chi connectivity index (χ2n) is 9.81. The molecule has 2 heterocycles. The van der Waals surface area contributed by atoms with Crippen LogP contribution in [0, 0.1) is 11.3 Å². The third-order valence-corrected chi connectivity index (χ3v) is 8.10. The molecule has 0 bridgehead atoms. The van der Waals surface area contributed by atoms with Crippen LogP contribution >= 0.6 is 22.9 Å². The van der Waals surface area contributed by atoms with Gasteiger partial charge in [0.05, 0.1) is 41.0 Å². The van der Waals surface area contributed by atoms with E-state index in [4.69, 9.17) is 25.8 Å². The SMILES string of the molecule is CCOC(=O)C1=C(C(F)(F)F)N=c2s/c(=C\c3ccc(OCc4ccccc4C#N)c(OCC)c3)c(=O)n2[C@@H]1c1ccc(Cl)cc1. The Labute approximate surface area is 269 Å². The van der Waals surface area contributed by atoms with Crippen molar-refractivity contribution < 1.29 is 32.2 Å². The highest BCUT2D eigenvalue weighted by Gasteiger charge is 2.45. The minimum Gasteiger partial charge on any atom is -0.490 e. The van der Waals surface area contributed by atoms with Gasteiger partial charge < -0.3 is 14.2 Å².